The molecule has 1 saturated heterocycles. The number of hydrogen-bond donors (Lipinski definition) is 1. The fourth-order valence-electron chi connectivity index (χ4n) is 3.08. The first kappa shape index (κ1) is 23.4. The Morgan fingerprint density at radius 3 is 2.63 bits per heavy atom. The third-order valence-corrected chi connectivity index (χ3v) is 4.84. The van der Waals surface area contributed by atoms with Crippen molar-refractivity contribution in [1.82, 2.24) is 14.9 Å². The summed E-state index contributed by atoms with van der Waals surface area (Å²) in [5.41, 5.74) is 0. The quantitative estimate of drug-likeness (QED) is 0.428. The molecule has 0 aromatic carbocycles. The second-order valence-electron chi connectivity index (χ2n) is 6.55. The second kappa shape index (κ2) is 10.8. The first-order valence-electron chi connectivity index (χ1n) is 9.22. The maximum atomic E-state index is 12.4. The highest BCUT2D eigenvalue weighted by molar-refractivity contribution is 7.86. The van der Waals surface area contributed by atoms with Crippen molar-refractivity contribution in [2.75, 3.05) is 37.5 Å². The van der Waals surface area contributed by atoms with E-state index in [0.717, 1.165) is 6.26 Å². The van der Waals surface area contributed by atoms with Crippen LogP contribution in [0.25, 0.3) is 0 Å². The molecule has 2 atom stereocenters. The van der Waals surface area contributed by atoms with Crippen molar-refractivity contribution in [3.05, 3.63) is 37.7 Å². The van der Waals surface area contributed by atoms with E-state index in [0.29, 0.717) is 6.42 Å². The fourth-order valence-corrected chi connectivity index (χ4v) is 3.71. The lowest BCUT2D eigenvalue weighted by atomic mass is 10.1. The van der Waals surface area contributed by atoms with Gasteiger partial charge in [0, 0.05) is 25.0 Å². The number of nitrogens with zero attached hydrogens (tertiary/aromatic N) is 3. The van der Waals surface area contributed by atoms with Gasteiger partial charge in [-0.25, -0.2) is 19.5 Å². The molecule has 11 nitrogen and oxygen atoms in total. The molecule has 1 aromatic rings. The van der Waals surface area contributed by atoms with Crippen molar-refractivity contribution in [3.8, 4) is 0 Å². The number of aromatic nitrogens is 2. The molecule has 1 N–H and O–H groups in total. The number of aromatic amines is 1. The molecule has 0 saturated carbocycles. The van der Waals surface area contributed by atoms with Gasteiger partial charge >= 0.3 is 12.2 Å². The number of imidazole rings is 1. The smallest absolute Gasteiger partial charge is 0.416 e. The summed E-state index contributed by atoms with van der Waals surface area (Å²) in [6, 6.07) is -0.418. The summed E-state index contributed by atoms with van der Waals surface area (Å²) in [6.07, 6.45) is 5.52. The minimum Gasteiger partial charge on any atom is -0.445 e. The zero-order chi connectivity index (χ0) is 22.1. The summed E-state index contributed by atoms with van der Waals surface area (Å²) >= 11 is 0. The fraction of sp³-hybridized carbons (Fsp3) is 0.500. The molecular formula is C18H26N4O7S. The predicted molar refractivity (Wildman–Crippen MR) is 108 cm³/mol. The lowest BCUT2D eigenvalue weighted by molar-refractivity contribution is 0.103. The Hall–Kier alpha value is -2.86. The number of likely N-dealkylation sites (tertiary alicyclic amines) is 1. The molecule has 1 aromatic heterocycles. The lowest BCUT2D eigenvalue weighted by Gasteiger charge is -2.26. The highest BCUT2D eigenvalue weighted by Crippen LogP contribution is 2.26. The van der Waals surface area contributed by atoms with Crippen LogP contribution in [0.1, 0.15) is 12.8 Å². The van der Waals surface area contributed by atoms with E-state index in [1.54, 1.807) is 6.20 Å². The van der Waals surface area contributed by atoms with Crippen molar-refractivity contribution < 1.29 is 31.7 Å². The van der Waals surface area contributed by atoms with E-state index in [1.807, 2.05) is 0 Å². The number of rotatable bonds is 10. The van der Waals surface area contributed by atoms with Gasteiger partial charge in [-0.3, -0.25) is 4.18 Å². The molecule has 2 amide bonds. The van der Waals surface area contributed by atoms with E-state index in [2.05, 4.69) is 23.1 Å². The van der Waals surface area contributed by atoms with Gasteiger partial charge in [0.05, 0.1) is 18.9 Å². The van der Waals surface area contributed by atoms with E-state index in [-0.39, 0.29) is 38.7 Å². The zero-order valence-corrected chi connectivity index (χ0v) is 17.5. The Bertz CT molecular complexity index is 841. The molecule has 1 aliphatic heterocycles. The van der Waals surface area contributed by atoms with E-state index in [9.17, 15) is 18.0 Å². The van der Waals surface area contributed by atoms with Crippen LogP contribution in [0.15, 0.2) is 37.7 Å². The third-order valence-electron chi connectivity index (χ3n) is 4.22. The van der Waals surface area contributed by atoms with Crippen LogP contribution in [-0.2, 0) is 23.8 Å². The molecule has 2 heterocycles. The van der Waals surface area contributed by atoms with Gasteiger partial charge in [0.25, 0.3) is 10.1 Å². The minimum absolute atomic E-state index is 0.0199. The monoisotopic (exact) mass is 442 g/mol. The van der Waals surface area contributed by atoms with E-state index in [1.165, 1.54) is 28.1 Å². The Morgan fingerprint density at radius 1 is 1.33 bits per heavy atom. The Labute approximate surface area is 175 Å². The first-order chi connectivity index (χ1) is 14.2. The highest BCUT2D eigenvalue weighted by Gasteiger charge is 2.38. The van der Waals surface area contributed by atoms with Crippen LogP contribution in [0.3, 0.4) is 0 Å². The summed E-state index contributed by atoms with van der Waals surface area (Å²) in [4.78, 5) is 34.4. The molecule has 1 fully saturated rings. The van der Waals surface area contributed by atoms with Gasteiger partial charge < -0.3 is 19.4 Å². The molecule has 0 aliphatic carbocycles. The summed E-state index contributed by atoms with van der Waals surface area (Å²) < 4.78 is 38.2. The number of anilines is 1. The van der Waals surface area contributed by atoms with E-state index in [4.69, 9.17) is 13.7 Å². The maximum Gasteiger partial charge on any atom is 0.416 e. The van der Waals surface area contributed by atoms with Gasteiger partial charge in [-0.05, 0) is 12.8 Å². The molecular weight excluding hydrogens is 416 g/mol. The molecule has 1 aliphatic rings. The van der Waals surface area contributed by atoms with Gasteiger partial charge in [0.2, 0.25) is 5.95 Å². The number of ether oxygens (including phenoxy) is 2. The van der Waals surface area contributed by atoms with Gasteiger partial charge in [0.15, 0.2) is 0 Å². The summed E-state index contributed by atoms with van der Waals surface area (Å²) in [6.45, 7) is 7.27. The Morgan fingerprint density at radius 2 is 2.03 bits per heavy atom. The normalized spacial score (nSPS) is 18.6. The number of carbonyl (C=O) groups is 2. The largest absolute Gasteiger partial charge is 0.445 e. The average Bonchev–Trinajstić information content (AvgIpc) is 3.33. The zero-order valence-electron chi connectivity index (χ0n) is 16.7. The van der Waals surface area contributed by atoms with Crippen LogP contribution in [0.2, 0.25) is 0 Å². The molecule has 2 rings (SSSR count). The molecule has 12 heteroatoms. The van der Waals surface area contributed by atoms with Crippen molar-refractivity contribution in [1.29, 1.82) is 0 Å². The minimum atomic E-state index is -3.69. The standard InChI is InChI=1S/C18H26N4O7S/c1-4-10-27-17(23)21(16-19-7-8-20-16)9-6-14-12-15(29-30(3,25)26)13-22(14)18(24)28-11-5-2/h4-5,7-8,14-15H,1-2,6,9-13H2,3H3,(H,19,20)/t14-,15-/m1/s1. The number of hydrogen-bond acceptors (Lipinski definition) is 8. The summed E-state index contributed by atoms with van der Waals surface area (Å²) in [5.74, 6) is 0.284. The molecule has 0 radical (unpaired) electrons. The van der Waals surface area contributed by atoms with Crippen molar-refractivity contribution in [3.63, 3.8) is 0 Å². The molecule has 0 spiro atoms. The number of H-pyrrole nitrogens is 1. The number of nitrogens with one attached hydrogen (secondary N) is 1. The highest BCUT2D eigenvalue weighted by atomic mass is 32.2. The van der Waals surface area contributed by atoms with Crippen LogP contribution in [0, 0.1) is 0 Å². The third kappa shape index (κ3) is 6.88. The Kier molecular flexibility index (Phi) is 8.42. The van der Waals surface area contributed by atoms with Crippen LogP contribution in [-0.4, -0.2) is 80.2 Å². The first-order valence-corrected chi connectivity index (χ1v) is 11.0. The summed E-state index contributed by atoms with van der Waals surface area (Å²) in [7, 11) is -3.69. The molecule has 0 unspecified atom stereocenters. The van der Waals surface area contributed by atoms with Crippen LogP contribution in [0.4, 0.5) is 15.5 Å². The average molecular weight is 442 g/mol. The molecule has 166 valence electrons. The number of carbonyl (C=O) groups excluding carboxylic acids is 2. The van der Waals surface area contributed by atoms with Gasteiger partial charge in [-0.2, -0.15) is 8.42 Å². The molecule has 0 bridgehead atoms. The lowest BCUT2D eigenvalue weighted by Crippen LogP contribution is -2.40. The topological polar surface area (TPSA) is 131 Å². The Balaban J connectivity index is 2.11. The van der Waals surface area contributed by atoms with Gasteiger partial charge in [-0.1, -0.05) is 25.3 Å². The SMILES string of the molecule is C=CCOC(=O)N(CC[C@@H]1C[C@@H](OS(C)(=O)=O)CN1C(=O)OCC=C)c1ncc[nH]1. The van der Waals surface area contributed by atoms with Crippen molar-refractivity contribution >= 4 is 28.3 Å². The van der Waals surface area contributed by atoms with E-state index >= 15 is 0 Å². The van der Waals surface area contributed by atoms with Crippen LogP contribution < -0.4 is 4.90 Å². The van der Waals surface area contributed by atoms with Crippen LogP contribution in [0.5, 0.6) is 0 Å². The summed E-state index contributed by atoms with van der Waals surface area (Å²) in [5, 5.41) is 0. The van der Waals surface area contributed by atoms with Gasteiger partial charge in [-0.15, -0.1) is 0 Å². The predicted octanol–water partition coefficient (Wildman–Crippen LogP) is 1.67. The second-order valence-corrected chi connectivity index (χ2v) is 8.15. The van der Waals surface area contributed by atoms with E-state index < -0.39 is 34.5 Å². The maximum absolute atomic E-state index is 12.4. The molecule has 30 heavy (non-hydrogen) atoms. The van der Waals surface area contributed by atoms with Crippen molar-refractivity contribution in [2.45, 2.75) is 25.0 Å². The number of amides is 2. The van der Waals surface area contributed by atoms with Crippen LogP contribution >= 0.6 is 0 Å². The van der Waals surface area contributed by atoms with Crippen molar-refractivity contribution in [2.24, 2.45) is 0 Å². The van der Waals surface area contributed by atoms with Gasteiger partial charge in [0.1, 0.15) is 13.2 Å².